The molecule has 2 N–H and O–H groups in total. The summed E-state index contributed by atoms with van der Waals surface area (Å²) >= 11 is 0. The second kappa shape index (κ2) is 8.81. The van der Waals surface area contributed by atoms with Crippen LogP contribution in [0.15, 0.2) is 42.7 Å². The minimum absolute atomic E-state index is 0.123. The van der Waals surface area contributed by atoms with Gasteiger partial charge in [-0.1, -0.05) is 30.3 Å². The minimum atomic E-state index is 0.123. The molecule has 5 heteroatoms. The molecule has 2 atom stereocenters. The third-order valence-corrected chi connectivity index (χ3v) is 4.92. The van der Waals surface area contributed by atoms with Gasteiger partial charge in [-0.3, -0.25) is 4.79 Å². The maximum absolute atomic E-state index is 12.4. The summed E-state index contributed by atoms with van der Waals surface area (Å²) in [5.41, 5.74) is 1.36. The molecule has 2 aromatic rings. The van der Waals surface area contributed by atoms with Crippen LogP contribution < -0.4 is 10.6 Å². The van der Waals surface area contributed by atoms with E-state index >= 15 is 0 Å². The van der Waals surface area contributed by atoms with Crippen molar-refractivity contribution in [2.45, 2.75) is 51.7 Å². The number of aryl methyl sites for hydroxylation is 2. The number of nitrogens with one attached hydrogen (secondary N) is 2. The monoisotopic (exact) mass is 340 g/mol. The number of amides is 1. The highest BCUT2D eigenvalue weighted by atomic mass is 16.1. The Balaban J connectivity index is 1.45. The van der Waals surface area contributed by atoms with Crippen LogP contribution in [0.2, 0.25) is 0 Å². The van der Waals surface area contributed by atoms with Gasteiger partial charge in [-0.15, -0.1) is 0 Å². The standard InChI is InChI=1S/C20H28N4O/c1-16-14-18(9-10-21-16)20(25)23-15-19-22-11-13-24(19)12-5-8-17-6-3-2-4-7-17/h2-4,6-7,11,13,16,18,21H,5,8-10,12,14-15H2,1H3,(H,23,25)/t16-,18-/m0/s1. The summed E-state index contributed by atoms with van der Waals surface area (Å²) in [6.07, 6.45) is 7.76. The Morgan fingerprint density at radius 1 is 1.36 bits per heavy atom. The van der Waals surface area contributed by atoms with Crippen molar-refractivity contribution in [1.29, 1.82) is 0 Å². The fourth-order valence-electron chi connectivity index (χ4n) is 3.49. The number of imidazole rings is 1. The molecule has 0 aliphatic carbocycles. The van der Waals surface area contributed by atoms with Gasteiger partial charge in [0.2, 0.25) is 5.91 Å². The van der Waals surface area contributed by atoms with E-state index in [0.29, 0.717) is 12.6 Å². The molecule has 1 aromatic heterocycles. The number of benzene rings is 1. The van der Waals surface area contributed by atoms with Crippen molar-refractivity contribution in [2.75, 3.05) is 6.54 Å². The van der Waals surface area contributed by atoms with Crippen molar-refractivity contribution in [3.8, 4) is 0 Å². The molecule has 0 saturated carbocycles. The lowest BCUT2D eigenvalue weighted by Crippen LogP contribution is -2.42. The molecule has 25 heavy (non-hydrogen) atoms. The number of nitrogens with zero attached hydrogens (tertiary/aromatic N) is 2. The van der Waals surface area contributed by atoms with E-state index in [1.807, 2.05) is 18.5 Å². The molecular weight excluding hydrogens is 312 g/mol. The molecule has 3 rings (SSSR count). The number of rotatable bonds is 7. The second-order valence-corrected chi connectivity index (χ2v) is 6.92. The molecule has 0 spiro atoms. The van der Waals surface area contributed by atoms with Gasteiger partial charge in [0, 0.05) is 30.9 Å². The van der Waals surface area contributed by atoms with E-state index in [0.717, 1.165) is 44.6 Å². The summed E-state index contributed by atoms with van der Waals surface area (Å²) in [6, 6.07) is 10.9. The summed E-state index contributed by atoms with van der Waals surface area (Å²) in [5, 5.41) is 6.46. The summed E-state index contributed by atoms with van der Waals surface area (Å²) in [7, 11) is 0. The van der Waals surface area contributed by atoms with Crippen LogP contribution >= 0.6 is 0 Å². The molecule has 1 aliphatic rings. The van der Waals surface area contributed by atoms with Crippen molar-refractivity contribution in [3.05, 3.63) is 54.1 Å². The van der Waals surface area contributed by atoms with E-state index in [1.54, 1.807) is 0 Å². The number of hydrogen-bond acceptors (Lipinski definition) is 3. The second-order valence-electron chi connectivity index (χ2n) is 6.92. The Hall–Kier alpha value is -2.14. The van der Waals surface area contributed by atoms with E-state index in [-0.39, 0.29) is 11.8 Å². The lowest BCUT2D eigenvalue weighted by molar-refractivity contribution is -0.126. The van der Waals surface area contributed by atoms with Crippen LogP contribution in [0, 0.1) is 5.92 Å². The first-order valence-electron chi connectivity index (χ1n) is 9.27. The van der Waals surface area contributed by atoms with Crippen LogP contribution in [0.3, 0.4) is 0 Å². The van der Waals surface area contributed by atoms with Crippen LogP contribution in [0.5, 0.6) is 0 Å². The zero-order chi connectivity index (χ0) is 17.5. The van der Waals surface area contributed by atoms with Gasteiger partial charge in [0.1, 0.15) is 5.82 Å². The summed E-state index contributed by atoms with van der Waals surface area (Å²) in [6.45, 7) is 4.49. The van der Waals surface area contributed by atoms with Crippen LogP contribution in [0.1, 0.15) is 37.6 Å². The van der Waals surface area contributed by atoms with Gasteiger partial charge >= 0.3 is 0 Å². The normalized spacial score (nSPS) is 20.4. The first-order chi connectivity index (χ1) is 12.2. The maximum Gasteiger partial charge on any atom is 0.223 e. The van der Waals surface area contributed by atoms with Crippen molar-refractivity contribution in [3.63, 3.8) is 0 Å². The summed E-state index contributed by atoms with van der Waals surface area (Å²) < 4.78 is 2.15. The fourth-order valence-corrected chi connectivity index (χ4v) is 3.49. The van der Waals surface area contributed by atoms with E-state index in [1.165, 1.54) is 5.56 Å². The topological polar surface area (TPSA) is 59.0 Å². The van der Waals surface area contributed by atoms with Crippen molar-refractivity contribution >= 4 is 5.91 Å². The highest BCUT2D eigenvalue weighted by Crippen LogP contribution is 2.16. The van der Waals surface area contributed by atoms with Crippen molar-refractivity contribution in [1.82, 2.24) is 20.2 Å². The zero-order valence-corrected chi connectivity index (χ0v) is 14.9. The molecule has 1 aliphatic heterocycles. The maximum atomic E-state index is 12.4. The number of carbonyl (C=O) groups excluding carboxylic acids is 1. The van der Waals surface area contributed by atoms with E-state index in [4.69, 9.17) is 0 Å². The molecule has 0 bridgehead atoms. The van der Waals surface area contributed by atoms with Crippen LogP contribution in [-0.2, 0) is 24.3 Å². The first kappa shape index (κ1) is 17.7. The summed E-state index contributed by atoms with van der Waals surface area (Å²) in [4.78, 5) is 16.8. The minimum Gasteiger partial charge on any atom is -0.349 e. The van der Waals surface area contributed by atoms with E-state index in [9.17, 15) is 4.79 Å². The van der Waals surface area contributed by atoms with Gasteiger partial charge in [-0.2, -0.15) is 0 Å². The predicted molar refractivity (Wildman–Crippen MR) is 99.0 cm³/mol. The van der Waals surface area contributed by atoms with Gasteiger partial charge in [-0.25, -0.2) is 4.98 Å². The lowest BCUT2D eigenvalue weighted by atomic mass is 9.92. The third kappa shape index (κ3) is 5.16. The van der Waals surface area contributed by atoms with E-state index in [2.05, 4.69) is 51.4 Å². The molecule has 1 aromatic carbocycles. The van der Waals surface area contributed by atoms with Crippen LogP contribution in [0.4, 0.5) is 0 Å². The Morgan fingerprint density at radius 2 is 2.20 bits per heavy atom. The van der Waals surface area contributed by atoms with Crippen LogP contribution in [0.25, 0.3) is 0 Å². The largest absolute Gasteiger partial charge is 0.349 e. The molecule has 5 nitrogen and oxygen atoms in total. The molecule has 134 valence electrons. The molecule has 1 saturated heterocycles. The quantitative estimate of drug-likeness (QED) is 0.814. The predicted octanol–water partition coefficient (Wildman–Crippen LogP) is 2.52. The number of carbonyl (C=O) groups is 1. The molecule has 0 radical (unpaired) electrons. The molecular formula is C20H28N4O. The molecule has 1 fully saturated rings. The third-order valence-electron chi connectivity index (χ3n) is 4.92. The molecule has 2 heterocycles. The fraction of sp³-hybridized carbons (Fsp3) is 0.500. The Morgan fingerprint density at radius 3 is 3.00 bits per heavy atom. The Labute approximate surface area is 149 Å². The van der Waals surface area contributed by atoms with Gasteiger partial charge in [0.25, 0.3) is 0 Å². The van der Waals surface area contributed by atoms with Crippen molar-refractivity contribution < 1.29 is 4.79 Å². The highest BCUT2D eigenvalue weighted by molar-refractivity contribution is 5.78. The average Bonchev–Trinajstić information content (AvgIpc) is 3.08. The molecule has 0 unspecified atom stereocenters. The number of piperidine rings is 1. The van der Waals surface area contributed by atoms with E-state index < -0.39 is 0 Å². The van der Waals surface area contributed by atoms with Gasteiger partial charge in [0.05, 0.1) is 6.54 Å². The highest BCUT2D eigenvalue weighted by Gasteiger charge is 2.24. The molecule has 1 amide bonds. The first-order valence-corrected chi connectivity index (χ1v) is 9.27. The van der Waals surface area contributed by atoms with Gasteiger partial charge in [0.15, 0.2) is 0 Å². The Kier molecular flexibility index (Phi) is 6.23. The number of hydrogen-bond donors (Lipinski definition) is 2. The lowest BCUT2D eigenvalue weighted by Gasteiger charge is -2.27. The van der Waals surface area contributed by atoms with Crippen LogP contribution in [-0.4, -0.2) is 28.0 Å². The Bertz CT molecular complexity index is 667. The van der Waals surface area contributed by atoms with Gasteiger partial charge in [-0.05, 0) is 44.7 Å². The average molecular weight is 340 g/mol. The van der Waals surface area contributed by atoms with Crippen molar-refractivity contribution in [2.24, 2.45) is 5.92 Å². The number of aromatic nitrogens is 2. The van der Waals surface area contributed by atoms with Gasteiger partial charge < -0.3 is 15.2 Å². The SMILES string of the molecule is C[C@H]1C[C@@H](C(=O)NCc2nccn2CCCc2ccccc2)CCN1. The zero-order valence-electron chi connectivity index (χ0n) is 14.9. The summed E-state index contributed by atoms with van der Waals surface area (Å²) in [5.74, 6) is 1.22. The smallest absolute Gasteiger partial charge is 0.223 e.